The zero-order valence-corrected chi connectivity index (χ0v) is 73.8. The molecular weight excluding hydrogens is 1390 g/mol. The molecule has 114 heavy (non-hydrogen) atoms. The highest BCUT2D eigenvalue weighted by Crippen LogP contribution is 2.50. The molecule has 4 aliphatic heterocycles. The largest absolute Gasteiger partial charge is 0.354 e. The van der Waals surface area contributed by atoms with Gasteiger partial charge in [-0.2, -0.15) is 0 Å². The molecule has 11 aromatic rings. The fourth-order valence-electron chi connectivity index (χ4n) is 19.4. The van der Waals surface area contributed by atoms with Gasteiger partial charge in [0.25, 0.3) is 0 Å². The van der Waals surface area contributed by atoms with Crippen molar-refractivity contribution in [2.45, 2.75) is 267 Å². The van der Waals surface area contributed by atoms with Crippen LogP contribution >= 0.6 is 0 Å². The predicted octanol–water partition coefficient (Wildman–Crippen LogP) is 30.0. The van der Waals surface area contributed by atoms with E-state index in [1.165, 1.54) is 144 Å². The summed E-state index contributed by atoms with van der Waals surface area (Å²) >= 11 is 0. The molecule has 16 bridgehead atoms. The van der Waals surface area contributed by atoms with Gasteiger partial charge in [0.15, 0.2) is 0 Å². The van der Waals surface area contributed by atoms with Crippen LogP contribution in [0.5, 0.6) is 0 Å². The number of aryl methyl sites for hydroxylation is 8. The van der Waals surface area contributed by atoms with Gasteiger partial charge >= 0.3 is 0 Å². The van der Waals surface area contributed by atoms with E-state index in [-0.39, 0.29) is 21.7 Å². The third-order valence-corrected chi connectivity index (χ3v) is 26.3. The summed E-state index contributed by atoms with van der Waals surface area (Å²) in [5, 5.41) is 4.70. The normalized spacial score (nSPS) is 13.9. The van der Waals surface area contributed by atoms with Gasteiger partial charge in [0.1, 0.15) is 0 Å². The number of aromatic nitrogens is 8. The Labute approximate surface area is 678 Å². The molecule has 0 saturated carbocycles. The van der Waals surface area contributed by atoms with Crippen LogP contribution in [0.3, 0.4) is 0 Å². The summed E-state index contributed by atoms with van der Waals surface area (Å²) in [6, 6.07) is 43.1. The average Bonchev–Trinajstić information content (AvgIpc) is 1.54. The maximum atomic E-state index is 5.97. The Kier molecular flexibility index (Phi) is 20.1. The van der Waals surface area contributed by atoms with E-state index in [1.807, 2.05) is 0 Å². The van der Waals surface area contributed by atoms with Gasteiger partial charge < -0.3 is 19.9 Å². The van der Waals surface area contributed by atoms with Crippen molar-refractivity contribution >= 4 is 110 Å². The van der Waals surface area contributed by atoms with E-state index in [4.69, 9.17) is 19.9 Å². The average molecular weight is 1510 g/mol. The van der Waals surface area contributed by atoms with Crippen molar-refractivity contribution in [3.8, 4) is 44.5 Å². The fraction of sp³-hybridized carbons (Fsp3) is 0.377. The number of hydrogen-bond donors (Lipinski definition) is 4. The van der Waals surface area contributed by atoms with E-state index >= 15 is 0 Å². The Morgan fingerprint density at radius 3 is 0.684 bits per heavy atom. The highest BCUT2D eigenvalue weighted by molar-refractivity contribution is 6.13. The molecule has 0 saturated heterocycles. The molecule has 4 N–H and O–H groups in total. The number of hydrogen-bond acceptors (Lipinski definition) is 4. The molecule has 6 aromatic heterocycles. The summed E-state index contributed by atoms with van der Waals surface area (Å²) in [5.41, 5.74) is 50.9. The topological polar surface area (TPSA) is 115 Å². The minimum atomic E-state index is -0.0847. The summed E-state index contributed by atoms with van der Waals surface area (Å²) in [4.78, 5) is 40.5. The van der Waals surface area contributed by atoms with E-state index in [0.717, 1.165) is 174 Å². The van der Waals surface area contributed by atoms with Crippen LogP contribution < -0.4 is 0 Å². The lowest BCUT2D eigenvalue weighted by molar-refractivity contribution is 0.568. The van der Waals surface area contributed by atoms with E-state index in [9.17, 15) is 0 Å². The number of fused-ring (bicyclic) bond motifs is 19. The Morgan fingerprint density at radius 1 is 0.254 bits per heavy atom. The first-order valence-electron chi connectivity index (χ1n) is 42.7. The summed E-state index contributed by atoms with van der Waals surface area (Å²) < 4.78 is 0. The summed E-state index contributed by atoms with van der Waals surface area (Å²) in [6.45, 7) is 65.0. The molecule has 0 spiro atoms. The monoisotopic (exact) mass is 1510 g/mol. The highest BCUT2D eigenvalue weighted by Gasteiger charge is 2.33. The summed E-state index contributed by atoms with van der Waals surface area (Å²) in [7, 11) is 0. The maximum Gasteiger partial charge on any atom is 0.0769 e. The summed E-state index contributed by atoms with van der Waals surface area (Å²) in [6.07, 6.45) is 6.70. The Hall–Kier alpha value is -10.2. The number of nitrogens with one attached hydrogen (secondary N) is 4. The highest BCUT2D eigenvalue weighted by atomic mass is 14.8. The van der Waals surface area contributed by atoms with E-state index in [0.29, 0.717) is 0 Å². The van der Waals surface area contributed by atoms with Crippen molar-refractivity contribution in [1.82, 2.24) is 39.9 Å². The van der Waals surface area contributed by atoms with Gasteiger partial charge in [-0.15, -0.1) is 0 Å². The molecule has 4 aliphatic rings. The lowest BCUT2D eigenvalue weighted by atomic mass is 9.78. The smallest absolute Gasteiger partial charge is 0.0769 e. The van der Waals surface area contributed by atoms with Gasteiger partial charge in [0.05, 0.1) is 67.6 Å². The van der Waals surface area contributed by atoms with Gasteiger partial charge in [0, 0.05) is 44.3 Å². The van der Waals surface area contributed by atoms with Crippen LogP contribution in [0.2, 0.25) is 0 Å². The molecule has 586 valence electrons. The Morgan fingerprint density at radius 2 is 0.474 bits per heavy atom. The van der Waals surface area contributed by atoms with Crippen LogP contribution in [-0.2, 0) is 47.3 Å². The van der Waals surface area contributed by atoms with Crippen LogP contribution in [0.15, 0.2) is 109 Å². The molecule has 15 rings (SSSR count). The molecule has 8 heteroatoms. The molecule has 0 fully saturated rings. The van der Waals surface area contributed by atoms with Crippen molar-refractivity contribution in [2.75, 3.05) is 0 Å². The minimum absolute atomic E-state index is 0.0847. The third kappa shape index (κ3) is 13.1. The van der Waals surface area contributed by atoms with E-state index < -0.39 is 0 Å². The second-order valence-electron chi connectivity index (χ2n) is 37.3. The molecule has 0 aliphatic carbocycles. The second-order valence-corrected chi connectivity index (χ2v) is 37.3. The molecule has 0 amide bonds. The molecular formula is C106H122N8. The van der Waals surface area contributed by atoms with Crippen LogP contribution in [0, 0.1) is 27.7 Å². The van der Waals surface area contributed by atoms with Crippen LogP contribution in [0.25, 0.3) is 155 Å². The number of nitrogens with zero attached hydrogens (tertiary/aromatic N) is 4. The number of aromatic amines is 4. The van der Waals surface area contributed by atoms with Crippen LogP contribution in [-0.4, -0.2) is 39.9 Å². The van der Waals surface area contributed by atoms with Gasteiger partial charge in [-0.3, -0.25) is 0 Å². The zero-order valence-electron chi connectivity index (χ0n) is 73.8. The first-order chi connectivity index (χ1) is 54.0. The van der Waals surface area contributed by atoms with Gasteiger partial charge in [-0.1, -0.05) is 211 Å². The Bertz CT molecular complexity index is 5970. The van der Waals surface area contributed by atoms with Crippen LogP contribution in [0.1, 0.15) is 304 Å². The first kappa shape index (κ1) is 79.1. The van der Waals surface area contributed by atoms with Crippen molar-refractivity contribution in [3.05, 3.63) is 222 Å². The quantitative estimate of drug-likeness (QED) is 0.0912. The van der Waals surface area contributed by atoms with Gasteiger partial charge in [0.2, 0.25) is 0 Å². The van der Waals surface area contributed by atoms with Crippen LogP contribution in [0.4, 0.5) is 0 Å². The molecule has 8 nitrogen and oxygen atoms in total. The molecule has 10 heterocycles. The van der Waals surface area contributed by atoms with Gasteiger partial charge in [-0.25, -0.2) is 19.9 Å². The molecule has 0 atom stereocenters. The maximum absolute atomic E-state index is 5.97. The minimum Gasteiger partial charge on any atom is -0.354 e. The Balaban J connectivity index is 1.02. The lowest BCUT2D eigenvalue weighted by Crippen LogP contribution is -2.16. The lowest BCUT2D eigenvalue weighted by Gasteiger charge is -2.26. The molecule has 0 unspecified atom stereocenters. The predicted molar refractivity (Wildman–Crippen MR) is 495 cm³/mol. The number of allylic oxidation sites excluding steroid dienone is 8. The van der Waals surface area contributed by atoms with Crippen molar-refractivity contribution < 1.29 is 0 Å². The van der Waals surface area contributed by atoms with Crippen molar-refractivity contribution in [3.63, 3.8) is 0 Å². The van der Waals surface area contributed by atoms with E-state index in [2.05, 4.69) is 323 Å². The first-order valence-corrected chi connectivity index (χ1v) is 42.7. The standard InChI is InChI=1S/C106H122N8/c1-29-73-55(9)95-91(96-56(10)74(30-2)84(108-96)52-88-78(34-6)60(14)100(112-88)93(99-59(13)77(33-5)87(111-99)51-83(73)107-95)67-43-69(103(17,18)19)49-70(44-67)104(20,21)22)65-41-39-63-37-38-64-40-42-66(48-82(64)81(63)47-65)92-97-57(11)75(31-3)85(109-97)53-89-79(35-7)61(15)101(113-89)94(68-45-71(105(23,24)25)50-72(46-68)106(26,27)28)102-62(16)80(36-8)90(114-102)54-86-76(32-4)58(12)98(92)110-86/h37-54,107,109,112,114H,29-36H2,1-28H3. The van der Waals surface area contributed by atoms with Crippen molar-refractivity contribution in [2.24, 2.45) is 0 Å². The van der Waals surface area contributed by atoms with Gasteiger partial charge in [-0.05, 0) is 320 Å². The number of benzene rings is 5. The third-order valence-electron chi connectivity index (χ3n) is 26.3. The molecule has 0 radical (unpaired) electrons. The second kappa shape index (κ2) is 29.0. The number of H-pyrrole nitrogens is 4. The molecule has 5 aromatic carbocycles. The van der Waals surface area contributed by atoms with E-state index in [1.54, 1.807) is 0 Å². The number of rotatable bonds is 12. The fourth-order valence-corrected chi connectivity index (χ4v) is 19.4. The zero-order chi connectivity index (χ0) is 81.8. The summed E-state index contributed by atoms with van der Waals surface area (Å²) in [5.74, 6) is 0. The SMILES string of the molecule is CCC1=C(C)c2nc1cc1[nH]c(c(C)c1CC)c(-c1cc(C(C)(C)C)cc(C(C)(C)C)c1)c1nc(cc3[nH]c(c(C)c3CC)c2-c2ccc3ccc4ccc(-c5c6nc(cc7[nH]c(c(C)c7CC)c(-c7cc(C(C)(C)C)cc(C(C)(C)C)c7)c7nc(cc8[nH]c5c(C)c8CC)C(CC)=C7C)C(CC)=C6C)cc4c3c2)C(CC)=C1C. The van der Waals surface area contributed by atoms with Crippen molar-refractivity contribution in [1.29, 1.82) is 0 Å².